The molecule has 0 heterocycles. The standard InChI is InChI=1S/C16H15O2P/c17-15(13-7-3-1-4-8-13)11-19-12-16(18)14-9-5-2-6-10-14/h1-10,19H,11-12H2. The lowest BCUT2D eigenvalue weighted by Crippen LogP contribution is -2.05. The fourth-order valence-electron chi connectivity index (χ4n) is 1.74. The number of hydrogen-bond acceptors (Lipinski definition) is 2. The average molecular weight is 270 g/mol. The monoisotopic (exact) mass is 270 g/mol. The molecule has 0 aromatic heterocycles. The van der Waals surface area contributed by atoms with E-state index in [1.54, 1.807) is 0 Å². The molecule has 0 saturated carbocycles. The highest BCUT2D eigenvalue weighted by Crippen LogP contribution is 2.15. The zero-order valence-electron chi connectivity index (χ0n) is 10.5. The van der Waals surface area contributed by atoms with Crippen molar-refractivity contribution < 1.29 is 9.59 Å². The van der Waals surface area contributed by atoms with E-state index in [4.69, 9.17) is 0 Å². The summed E-state index contributed by atoms with van der Waals surface area (Å²) < 4.78 is 0. The molecule has 2 aromatic carbocycles. The van der Waals surface area contributed by atoms with Crippen molar-refractivity contribution in [2.45, 2.75) is 0 Å². The zero-order chi connectivity index (χ0) is 13.5. The van der Waals surface area contributed by atoms with Crippen molar-refractivity contribution >= 4 is 20.1 Å². The molecule has 0 aliphatic heterocycles. The largest absolute Gasteiger partial charge is 0.294 e. The molecule has 0 aliphatic rings. The highest BCUT2D eigenvalue weighted by Gasteiger charge is 2.08. The third-order valence-electron chi connectivity index (χ3n) is 2.76. The van der Waals surface area contributed by atoms with Gasteiger partial charge in [0.2, 0.25) is 0 Å². The van der Waals surface area contributed by atoms with Crippen molar-refractivity contribution in [1.29, 1.82) is 0 Å². The third kappa shape index (κ3) is 4.11. The minimum atomic E-state index is 0.111. The normalized spacial score (nSPS) is 10.1. The minimum absolute atomic E-state index is 0.111. The topological polar surface area (TPSA) is 34.1 Å². The number of hydrogen-bond donors (Lipinski definition) is 0. The smallest absolute Gasteiger partial charge is 0.166 e. The van der Waals surface area contributed by atoms with Crippen molar-refractivity contribution in [3.63, 3.8) is 0 Å². The molecule has 96 valence electrons. The Morgan fingerprint density at radius 1 is 0.684 bits per heavy atom. The molecule has 0 bridgehead atoms. The first-order valence-corrected chi connectivity index (χ1v) is 7.56. The van der Waals surface area contributed by atoms with Gasteiger partial charge in [0.05, 0.1) is 0 Å². The fraction of sp³-hybridized carbons (Fsp3) is 0.125. The van der Waals surface area contributed by atoms with Gasteiger partial charge in [-0.2, -0.15) is 0 Å². The Morgan fingerprint density at radius 2 is 1.05 bits per heavy atom. The van der Waals surface area contributed by atoms with Gasteiger partial charge < -0.3 is 0 Å². The maximum absolute atomic E-state index is 11.9. The summed E-state index contributed by atoms with van der Waals surface area (Å²) in [5.41, 5.74) is 1.45. The highest BCUT2D eigenvalue weighted by molar-refractivity contribution is 7.40. The van der Waals surface area contributed by atoms with Crippen LogP contribution in [0.3, 0.4) is 0 Å². The van der Waals surface area contributed by atoms with Gasteiger partial charge in [-0.05, 0) is 0 Å². The summed E-state index contributed by atoms with van der Waals surface area (Å²) in [6.45, 7) is 0. The second kappa shape index (κ2) is 6.96. The van der Waals surface area contributed by atoms with Gasteiger partial charge in [0.1, 0.15) is 0 Å². The second-order valence-electron chi connectivity index (χ2n) is 4.18. The van der Waals surface area contributed by atoms with Crippen LogP contribution in [0.5, 0.6) is 0 Å². The van der Waals surface area contributed by atoms with Crippen LogP contribution in [0.1, 0.15) is 20.7 Å². The molecule has 2 nitrogen and oxygen atoms in total. The molecule has 0 saturated heterocycles. The number of Topliss-reactive ketones (excluding diaryl/α,β-unsaturated/α-hetero) is 2. The van der Waals surface area contributed by atoms with Crippen LogP contribution in [-0.4, -0.2) is 23.9 Å². The van der Waals surface area contributed by atoms with E-state index in [0.717, 1.165) is 11.1 Å². The van der Waals surface area contributed by atoms with E-state index in [1.165, 1.54) is 0 Å². The number of carbonyl (C=O) groups excluding carboxylic acids is 2. The van der Waals surface area contributed by atoms with Crippen molar-refractivity contribution in [3.05, 3.63) is 71.8 Å². The maximum Gasteiger partial charge on any atom is 0.166 e. The Kier molecular flexibility index (Phi) is 5.00. The molecule has 0 fully saturated rings. The molecular formula is C16H15O2P. The van der Waals surface area contributed by atoms with E-state index in [0.29, 0.717) is 20.9 Å². The molecule has 0 atom stereocenters. The number of carbonyl (C=O) groups is 2. The lowest BCUT2D eigenvalue weighted by atomic mass is 10.1. The van der Waals surface area contributed by atoms with Crippen LogP contribution in [0.4, 0.5) is 0 Å². The van der Waals surface area contributed by atoms with Gasteiger partial charge in [0.15, 0.2) is 11.6 Å². The lowest BCUT2D eigenvalue weighted by molar-refractivity contribution is 0.102. The highest BCUT2D eigenvalue weighted by atomic mass is 31.1. The lowest BCUT2D eigenvalue weighted by Gasteiger charge is -2.02. The van der Waals surface area contributed by atoms with E-state index in [9.17, 15) is 9.59 Å². The Labute approximate surface area is 114 Å². The van der Waals surface area contributed by atoms with E-state index in [1.807, 2.05) is 60.7 Å². The summed E-state index contributed by atoms with van der Waals surface area (Å²) >= 11 is 0. The minimum Gasteiger partial charge on any atom is -0.294 e. The van der Waals surface area contributed by atoms with Gasteiger partial charge in [-0.3, -0.25) is 9.59 Å². The predicted octanol–water partition coefficient (Wildman–Crippen LogP) is 3.43. The van der Waals surface area contributed by atoms with Gasteiger partial charge in [0, 0.05) is 23.5 Å². The molecule has 3 heteroatoms. The van der Waals surface area contributed by atoms with Crippen LogP contribution in [0, 0.1) is 0 Å². The molecule has 0 spiro atoms. The average Bonchev–Trinajstić information content (AvgIpc) is 2.49. The molecule has 2 aromatic rings. The van der Waals surface area contributed by atoms with Gasteiger partial charge in [-0.15, -0.1) is 8.58 Å². The zero-order valence-corrected chi connectivity index (χ0v) is 11.5. The Hall–Kier alpha value is -1.79. The van der Waals surface area contributed by atoms with Gasteiger partial charge >= 0.3 is 0 Å². The van der Waals surface area contributed by atoms with Gasteiger partial charge in [0.25, 0.3) is 0 Å². The van der Waals surface area contributed by atoms with Gasteiger partial charge in [-0.25, -0.2) is 0 Å². The molecule has 0 amide bonds. The first-order chi connectivity index (χ1) is 9.27. The van der Waals surface area contributed by atoms with Crippen LogP contribution in [0.25, 0.3) is 0 Å². The second-order valence-corrected chi connectivity index (χ2v) is 5.39. The molecule has 0 unspecified atom stereocenters. The predicted molar refractivity (Wildman–Crippen MR) is 79.6 cm³/mol. The summed E-state index contributed by atoms with van der Waals surface area (Å²) in [5.74, 6) is 0.222. The Balaban J connectivity index is 1.81. The fourth-order valence-corrected chi connectivity index (χ4v) is 2.73. The summed E-state index contributed by atoms with van der Waals surface area (Å²) in [6.07, 6.45) is 0.894. The van der Waals surface area contributed by atoms with Crippen molar-refractivity contribution in [2.24, 2.45) is 0 Å². The summed E-state index contributed by atoms with van der Waals surface area (Å²) in [5, 5.41) is 0. The van der Waals surface area contributed by atoms with Crippen LogP contribution < -0.4 is 0 Å². The van der Waals surface area contributed by atoms with E-state index < -0.39 is 0 Å². The third-order valence-corrected chi connectivity index (χ3v) is 3.90. The number of ketones is 2. The van der Waals surface area contributed by atoms with E-state index in [-0.39, 0.29) is 11.6 Å². The molecule has 2 rings (SSSR count). The van der Waals surface area contributed by atoms with Crippen LogP contribution in [0.15, 0.2) is 60.7 Å². The first kappa shape index (κ1) is 13.6. The summed E-state index contributed by atoms with van der Waals surface area (Å²) in [7, 11) is 0.345. The summed E-state index contributed by atoms with van der Waals surface area (Å²) in [6, 6.07) is 18.4. The number of rotatable bonds is 6. The van der Waals surface area contributed by atoms with Crippen molar-refractivity contribution in [1.82, 2.24) is 0 Å². The number of benzene rings is 2. The van der Waals surface area contributed by atoms with Crippen LogP contribution in [-0.2, 0) is 0 Å². The Morgan fingerprint density at radius 3 is 1.42 bits per heavy atom. The molecule has 0 radical (unpaired) electrons. The SMILES string of the molecule is O=C(CPCC(=O)c1ccccc1)c1ccccc1. The molecule has 0 aliphatic carbocycles. The molecule has 0 N–H and O–H groups in total. The van der Waals surface area contributed by atoms with E-state index >= 15 is 0 Å². The molecule has 19 heavy (non-hydrogen) atoms. The Bertz CT molecular complexity index is 498. The maximum atomic E-state index is 11.9. The first-order valence-electron chi connectivity index (χ1n) is 6.14. The van der Waals surface area contributed by atoms with E-state index in [2.05, 4.69) is 0 Å². The van der Waals surface area contributed by atoms with Crippen LogP contribution >= 0.6 is 8.58 Å². The van der Waals surface area contributed by atoms with Crippen LogP contribution in [0.2, 0.25) is 0 Å². The van der Waals surface area contributed by atoms with Gasteiger partial charge in [-0.1, -0.05) is 60.7 Å². The van der Waals surface area contributed by atoms with Crippen molar-refractivity contribution in [2.75, 3.05) is 12.3 Å². The summed E-state index contributed by atoms with van der Waals surface area (Å²) in [4.78, 5) is 23.7. The molecular weight excluding hydrogens is 255 g/mol. The quantitative estimate of drug-likeness (QED) is 0.595. The van der Waals surface area contributed by atoms with Crippen molar-refractivity contribution in [3.8, 4) is 0 Å².